The van der Waals surface area contributed by atoms with Gasteiger partial charge in [0.2, 0.25) is 0 Å². The van der Waals surface area contributed by atoms with Crippen molar-refractivity contribution >= 4 is 5.97 Å². The van der Waals surface area contributed by atoms with Crippen LogP contribution in [-0.4, -0.2) is 41.7 Å². The number of carbonyl (C=O) groups is 1. The molecule has 2 saturated carbocycles. The summed E-state index contributed by atoms with van der Waals surface area (Å²) in [6.07, 6.45) is 6.53. The third kappa shape index (κ3) is 4.76. The average molecular weight is 405 g/mol. The van der Waals surface area contributed by atoms with E-state index in [-0.39, 0.29) is 0 Å². The molecule has 3 fully saturated rings. The zero-order valence-corrected chi connectivity index (χ0v) is 17.6. The van der Waals surface area contributed by atoms with E-state index >= 15 is 0 Å². The maximum atomic E-state index is 11.0. The summed E-state index contributed by atoms with van der Waals surface area (Å²) < 4.78 is 0. The number of benzene rings is 2. The smallest absolute Gasteiger partial charge is 0.335 e. The van der Waals surface area contributed by atoms with Crippen molar-refractivity contribution in [3.63, 3.8) is 0 Å². The highest BCUT2D eigenvalue weighted by molar-refractivity contribution is 5.87. The third-order valence-electron chi connectivity index (χ3n) is 7.19. The molecule has 2 atom stereocenters. The van der Waals surface area contributed by atoms with Gasteiger partial charge in [0.05, 0.1) is 5.56 Å². The minimum atomic E-state index is -0.858. The lowest BCUT2D eigenvalue weighted by atomic mass is 9.96. The van der Waals surface area contributed by atoms with Gasteiger partial charge in [-0.25, -0.2) is 4.79 Å². The van der Waals surface area contributed by atoms with E-state index < -0.39 is 5.97 Å². The summed E-state index contributed by atoms with van der Waals surface area (Å²) in [6.45, 7) is 4.32. The van der Waals surface area contributed by atoms with Crippen LogP contribution in [0.15, 0.2) is 48.5 Å². The van der Waals surface area contributed by atoms with E-state index in [1.165, 1.54) is 48.8 Å². The summed E-state index contributed by atoms with van der Waals surface area (Å²) >= 11 is 0. The molecule has 4 heteroatoms. The second-order valence-corrected chi connectivity index (χ2v) is 9.52. The Kier molecular flexibility index (Phi) is 5.62. The fourth-order valence-electron chi connectivity index (χ4n) is 4.90. The fraction of sp³-hybridized carbons (Fsp3) is 0.500. The maximum absolute atomic E-state index is 11.0. The van der Waals surface area contributed by atoms with E-state index in [4.69, 9.17) is 5.11 Å². The van der Waals surface area contributed by atoms with Crippen LogP contribution in [0, 0.1) is 5.92 Å². The van der Waals surface area contributed by atoms with Crippen molar-refractivity contribution in [1.29, 1.82) is 0 Å². The zero-order chi connectivity index (χ0) is 20.5. The first-order valence-electron chi connectivity index (χ1n) is 11.5. The number of hydrogen-bond donors (Lipinski definition) is 2. The quantitative estimate of drug-likeness (QED) is 0.674. The number of nitrogens with zero attached hydrogens (tertiary/aromatic N) is 1. The van der Waals surface area contributed by atoms with Crippen molar-refractivity contribution in [1.82, 2.24) is 10.2 Å². The molecule has 0 radical (unpaired) electrons. The van der Waals surface area contributed by atoms with Gasteiger partial charge in [0.1, 0.15) is 0 Å². The molecule has 0 aromatic heterocycles. The molecule has 3 aliphatic rings. The van der Waals surface area contributed by atoms with Crippen molar-refractivity contribution in [3.8, 4) is 0 Å². The molecule has 0 amide bonds. The van der Waals surface area contributed by atoms with Gasteiger partial charge >= 0.3 is 5.97 Å². The molecule has 1 saturated heterocycles. The van der Waals surface area contributed by atoms with Crippen LogP contribution in [-0.2, 0) is 6.54 Å². The van der Waals surface area contributed by atoms with Gasteiger partial charge < -0.3 is 10.4 Å². The molecule has 2 aromatic carbocycles. The van der Waals surface area contributed by atoms with Crippen molar-refractivity contribution in [2.45, 2.75) is 56.5 Å². The Morgan fingerprint density at radius 3 is 2.23 bits per heavy atom. The Bertz CT molecular complexity index is 865. The summed E-state index contributed by atoms with van der Waals surface area (Å²) in [7, 11) is 0. The normalized spacial score (nSPS) is 24.7. The highest BCUT2D eigenvalue weighted by atomic mass is 16.4. The number of piperidine rings is 1. The van der Waals surface area contributed by atoms with Crippen LogP contribution in [0.4, 0.5) is 0 Å². The van der Waals surface area contributed by atoms with E-state index in [0.29, 0.717) is 17.5 Å². The van der Waals surface area contributed by atoms with E-state index in [1.54, 1.807) is 12.1 Å². The van der Waals surface area contributed by atoms with Crippen molar-refractivity contribution in [2.24, 2.45) is 5.92 Å². The lowest BCUT2D eigenvalue weighted by Crippen LogP contribution is -2.37. The Morgan fingerprint density at radius 1 is 0.933 bits per heavy atom. The molecule has 2 N–H and O–H groups in total. The second kappa shape index (κ2) is 8.52. The molecule has 0 spiro atoms. The van der Waals surface area contributed by atoms with Gasteiger partial charge in [-0.1, -0.05) is 36.4 Å². The van der Waals surface area contributed by atoms with Gasteiger partial charge in [-0.15, -0.1) is 0 Å². The maximum Gasteiger partial charge on any atom is 0.335 e. The lowest BCUT2D eigenvalue weighted by molar-refractivity contribution is 0.0697. The molecule has 30 heavy (non-hydrogen) atoms. The molecule has 2 aliphatic carbocycles. The highest BCUT2D eigenvalue weighted by Crippen LogP contribution is 2.44. The monoisotopic (exact) mass is 404 g/mol. The number of likely N-dealkylation sites (tertiary alicyclic amines) is 1. The van der Waals surface area contributed by atoms with Crippen LogP contribution >= 0.6 is 0 Å². The summed E-state index contributed by atoms with van der Waals surface area (Å²) in [4.78, 5) is 13.5. The first kappa shape index (κ1) is 19.8. The topological polar surface area (TPSA) is 52.6 Å². The number of carboxylic acid groups (broad SMARTS) is 1. The van der Waals surface area contributed by atoms with Crippen LogP contribution in [0.5, 0.6) is 0 Å². The molecule has 1 heterocycles. The largest absolute Gasteiger partial charge is 0.478 e. The number of aromatic carboxylic acids is 1. The molecule has 0 unspecified atom stereocenters. The molecule has 0 bridgehead atoms. The third-order valence-corrected chi connectivity index (χ3v) is 7.19. The molecule has 158 valence electrons. The molecular weight excluding hydrogens is 372 g/mol. The van der Waals surface area contributed by atoms with Gasteiger partial charge in [0.15, 0.2) is 0 Å². The Hall–Kier alpha value is -2.17. The number of carboxylic acids is 1. The predicted octanol–water partition coefficient (Wildman–Crippen LogP) is 4.62. The van der Waals surface area contributed by atoms with Gasteiger partial charge in [0.25, 0.3) is 0 Å². The van der Waals surface area contributed by atoms with E-state index in [1.807, 2.05) is 12.1 Å². The number of nitrogens with one attached hydrogen (secondary N) is 1. The van der Waals surface area contributed by atoms with Crippen LogP contribution in [0.25, 0.3) is 0 Å². The Morgan fingerprint density at radius 2 is 1.60 bits per heavy atom. The fourth-order valence-corrected chi connectivity index (χ4v) is 4.90. The first-order valence-corrected chi connectivity index (χ1v) is 11.5. The molecule has 1 aliphatic heterocycles. The SMILES string of the molecule is O=C(O)c1ccc(CN2CCC(CN[C@H]3C[C@@H]3c3ccc(C4CC4)cc3)CC2)cc1. The van der Waals surface area contributed by atoms with Crippen molar-refractivity contribution < 1.29 is 9.90 Å². The van der Waals surface area contributed by atoms with Gasteiger partial charge in [-0.3, -0.25) is 4.90 Å². The number of rotatable bonds is 8. The first-order chi connectivity index (χ1) is 14.7. The zero-order valence-electron chi connectivity index (χ0n) is 17.6. The second-order valence-electron chi connectivity index (χ2n) is 9.52. The van der Waals surface area contributed by atoms with Crippen LogP contribution in [0.1, 0.15) is 71.0 Å². The summed E-state index contributed by atoms with van der Waals surface area (Å²) in [6, 6.07) is 17.4. The highest BCUT2D eigenvalue weighted by Gasteiger charge is 2.38. The molecule has 5 rings (SSSR count). The number of hydrogen-bond acceptors (Lipinski definition) is 3. The standard InChI is InChI=1S/C26H32N2O2/c29-26(30)23-3-1-19(2-4-23)17-28-13-11-18(12-14-28)16-27-25-15-24(25)22-9-7-21(8-10-22)20-5-6-20/h1-4,7-10,18,20,24-25,27H,5-6,11-17H2,(H,29,30)/t24-,25+/m1/s1. The van der Waals surface area contributed by atoms with Crippen molar-refractivity contribution in [2.75, 3.05) is 19.6 Å². The average Bonchev–Trinajstić information content (AvgIpc) is 3.69. The molecular formula is C26H32N2O2. The van der Waals surface area contributed by atoms with Gasteiger partial charge in [0, 0.05) is 18.5 Å². The minimum absolute atomic E-state index is 0.362. The minimum Gasteiger partial charge on any atom is -0.478 e. The Balaban J connectivity index is 1.02. The van der Waals surface area contributed by atoms with E-state index in [2.05, 4.69) is 34.5 Å². The predicted molar refractivity (Wildman–Crippen MR) is 119 cm³/mol. The summed E-state index contributed by atoms with van der Waals surface area (Å²) in [5.74, 6) is 1.48. The van der Waals surface area contributed by atoms with Crippen LogP contribution in [0.2, 0.25) is 0 Å². The van der Waals surface area contributed by atoms with Gasteiger partial charge in [-0.2, -0.15) is 0 Å². The van der Waals surface area contributed by atoms with Crippen LogP contribution < -0.4 is 5.32 Å². The van der Waals surface area contributed by atoms with E-state index in [9.17, 15) is 4.79 Å². The molecule has 2 aromatic rings. The van der Waals surface area contributed by atoms with Gasteiger partial charge in [-0.05, 0) is 92.4 Å². The molecule has 4 nitrogen and oxygen atoms in total. The summed E-state index contributed by atoms with van der Waals surface area (Å²) in [5.41, 5.74) is 4.61. The van der Waals surface area contributed by atoms with E-state index in [0.717, 1.165) is 38.0 Å². The summed E-state index contributed by atoms with van der Waals surface area (Å²) in [5, 5.41) is 12.8. The van der Waals surface area contributed by atoms with Crippen molar-refractivity contribution in [3.05, 3.63) is 70.8 Å². The Labute approximate surface area is 179 Å². The lowest BCUT2D eigenvalue weighted by Gasteiger charge is -2.32. The van der Waals surface area contributed by atoms with Crippen LogP contribution in [0.3, 0.4) is 0 Å².